The molecule has 0 saturated carbocycles. The van der Waals surface area contributed by atoms with Gasteiger partial charge in [-0.25, -0.2) is 4.79 Å². The molecule has 7 nitrogen and oxygen atoms in total. The molecule has 0 bridgehead atoms. The fraction of sp³-hybridized carbons (Fsp3) is 0.133. The molecule has 8 heteroatoms. The molecular formula is C30H26ClN3O4. The van der Waals surface area contributed by atoms with Crippen LogP contribution in [0.4, 0.5) is 16.2 Å². The van der Waals surface area contributed by atoms with Crippen molar-refractivity contribution in [2.75, 3.05) is 10.6 Å². The van der Waals surface area contributed by atoms with Crippen molar-refractivity contribution in [2.24, 2.45) is 5.92 Å². The molecule has 38 heavy (non-hydrogen) atoms. The van der Waals surface area contributed by atoms with E-state index in [2.05, 4.69) is 15.6 Å². The minimum Gasteiger partial charge on any atom is -0.481 e. The van der Waals surface area contributed by atoms with Crippen molar-refractivity contribution in [2.45, 2.75) is 19.3 Å². The molecule has 1 atom stereocenters. The van der Waals surface area contributed by atoms with E-state index in [9.17, 15) is 19.5 Å². The van der Waals surface area contributed by atoms with Crippen LogP contribution in [0.1, 0.15) is 28.8 Å². The maximum Gasteiger partial charge on any atom is 0.323 e. The molecule has 2 amide bonds. The van der Waals surface area contributed by atoms with Gasteiger partial charge in [0, 0.05) is 30.1 Å². The number of aromatic nitrogens is 1. The van der Waals surface area contributed by atoms with Gasteiger partial charge in [-0.15, -0.1) is 0 Å². The topological polar surface area (TPSA) is 108 Å². The first-order valence-corrected chi connectivity index (χ1v) is 12.4. The Morgan fingerprint density at radius 2 is 1.45 bits per heavy atom. The molecule has 192 valence electrons. The summed E-state index contributed by atoms with van der Waals surface area (Å²) >= 11 is 6.07. The number of pyridine rings is 1. The van der Waals surface area contributed by atoms with Crippen LogP contribution in [0, 0.1) is 5.92 Å². The van der Waals surface area contributed by atoms with Crippen LogP contribution in [-0.2, 0) is 11.2 Å². The average Bonchev–Trinajstić information content (AvgIpc) is 2.93. The number of nitrogens with one attached hydrogen (secondary N) is 2. The summed E-state index contributed by atoms with van der Waals surface area (Å²) in [6.07, 6.45) is 4.22. The molecule has 1 unspecified atom stereocenters. The molecule has 3 N–H and O–H groups in total. The van der Waals surface area contributed by atoms with Gasteiger partial charge in [0.05, 0.1) is 16.6 Å². The van der Waals surface area contributed by atoms with Crippen LogP contribution in [0.15, 0.2) is 97.3 Å². The summed E-state index contributed by atoms with van der Waals surface area (Å²) in [5, 5.41) is 15.5. The highest BCUT2D eigenvalue weighted by molar-refractivity contribution is 6.33. The number of benzene rings is 3. The maximum absolute atomic E-state index is 12.8. The lowest BCUT2D eigenvalue weighted by Crippen LogP contribution is -2.19. The van der Waals surface area contributed by atoms with Gasteiger partial charge in [0.1, 0.15) is 0 Å². The second-order valence-electron chi connectivity index (χ2n) is 8.77. The van der Waals surface area contributed by atoms with Crippen molar-refractivity contribution in [3.05, 3.63) is 113 Å². The molecule has 0 aliphatic heterocycles. The Balaban J connectivity index is 1.33. The number of Topliss-reactive ketones (excluding diaryl/α,β-unsaturated/α-hetero) is 1. The molecule has 0 radical (unpaired) electrons. The largest absolute Gasteiger partial charge is 0.481 e. The van der Waals surface area contributed by atoms with E-state index < -0.39 is 17.9 Å². The van der Waals surface area contributed by atoms with Gasteiger partial charge in [-0.05, 0) is 65.9 Å². The van der Waals surface area contributed by atoms with E-state index in [1.165, 1.54) is 0 Å². The third kappa shape index (κ3) is 7.27. The van der Waals surface area contributed by atoms with Gasteiger partial charge in [0.15, 0.2) is 5.78 Å². The Bertz CT molecular complexity index is 1410. The van der Waals surface area contributed by atoms with E-state index in [0.717, 1.165) is 16.7 Å². The van der Waals surface area contributed by atoms with Gasteiger partial charge in [0.2, 0.25) is 0 Å². The molecule has 4 aromatic rings. The quantitative estimate of drug-likeness (QED) is 0.193. The SMILES string of the molecule is O=C(Nc1ccc(-c2ccc(C(=O)CC(CCc3ccncc3)C(=O)O)cc2)cc1)Nc1ccccc1Cl. The van der Waals surface area contributed by atoms with E-state index in [4.69, 9.17) is 11.6 Å². The second-order valence-corrected chi connectivity index (χ2v) is 9.18. The lowest BCUT2D eigenvalue weighted by atomic mass is 9.92. The van der Waals surface area contributed by atoms with Crippen molar-refractivity contribution in [3.63, 3.8) is 0 Å². The molecule has 0 saturated heterocycles. The van der Waals surface area contributed by atoms with Crippen LogP contribution in [0.25, 0.3) is 11.1 Å². The number of carboxylic acids is 1. The van der Waals surface area contributed by atoms with Gasteiger partial charge < -0.3 is 15.7 Å². The van der Waals surface area contributed by atoms with Crippen LogP contribution < -0.4 is 10.6 Å². The van der Waals surface area contributed by atoms with E-state index >= 15 is 0 Å². The summed E-state index contributed by atoms with van der Waals surface area (Å²) in [5.74, 6) is -1.94. The van der Waals surface area contributed by atoms with Gasteiger partial charge in [-0.2, -0.15) is 0 Å². The number of aryl methyl sites for hydroxylation is 1. The van der Waals surface area contributed by atoms with E-state index in [-0.39, 0.29) is 12.2 Å². The van der Waals surface area contributed by atoms with Crippen LogP contribution in [0.3, 0.4) is 0 Å². The number of halogens is 1. The summed E-state index contributed by atoms with van der Waals surface area (Å²) in [6, 6.07) is 24.6. The van der Waals surface area contributed by atoms with Crippen LogP contribution >= 0.6 is 11.6 Å². The smallest absolute Gasteiger partial charge is 0.323 e. The molecular weight excluding hydrogens is 502 g/mol. The Hall–Kier alpha value is -4.49. The number of carboxylic acid groups (broad SMARTS) is 1. The van der Waals surface area contributed by atoms with Crippen LogP contribution in [0.2, 0.25) is 5.02 Å². The Morgan fingerprint density at radius 1 is 0.816 bits per heavy atom. The number of aliphatic carboxylic acids is 1. The predicted molar refractivity (Wildman–Crippen MR) is 149 cm³/mol. The first kappa shape index (κ1) is 26.6. The van der Waals surface area contributed by atoms with Gasteiger partial charge in [-0.3, -0.25) is 14.6 Å². The third-order valence-electron chi connectivity index (χ3n) is 6.12. The molecule has 4 rings (SSSR count). The van der Waals surface area contributed by atoms with E-state index in [1.54, 1.807) is 60.9 Å². The molecule has 3 aromatic carbocycles. The number of para-hydroxylation sites is 1. The number of hydrogen-bond acceptors (Lipinski definition) is 4. The van der Waals surface area contributed by atoms with Gasteiger partial charge >= 0.3 is 12.0 Å². The summed E-state index contributed by atoms with van der Waals surface area (Å²) in [6.45, 7) is 0. The number of anilines is 2. The number of amides is 2. The molecule has 0 fully saturated rings. The molecule has 1 aromatic heterocycles. The number of hydrogen-bond donors (Lipinski definition) is 3. The first-order valence-electron chi connectivity index (χ1n) is 12.1. The Labute approximate surface area is 225 Å². The normalized spacial score (nSPS) is 11.4. The molecule has 0 aliphatic rings. The average molecular weight is 528 g/mol. The van der Waals surface area contributed by atoms with Crippen molar-refractivity contribution < 1.29 is 19.5 Å². The molecule has 0 spiro atoms. The summed E-state index contributed by atoms with van der Waals surface area (Å²) in [5.41, 5.74) is 4.38. The number of nitrogens with zero attached hydrogens (tertiary/aromatic N) is 1. The van der Waals surface area contributed by atoms with Gasteiger partial charge in [-0.1, -0.05) is 60.1 Å². The highest BCUT2D eigenvalue weighted by Gasteiger charge is 2.22. The van der Waals surface area contributed by atoms with Crippen LogP contribution in [-0.4, -0.2) is 27.9 Å². The zero-order valence-electron chi connectivity index (χ0n) is 20.4. The van der Waals surface area contributed by atoms with Crippen LogP contribution in [0.5, 0.6) is 0 Å². The van der Waals surface area contributed by atoms with Crippen molar-refractivity contribution in [1.82, 2.24) is 4.98 Å². The Morgan fingerprint density at radius 3 is 2.08 bits per heavy atom. The highest BCUT2D eigenvalue weighted by Crippen LogP contribution is 2.24. The predicted octanol–water partition coefficient (Wildman–Crippen LogP) is 6.95. The summed E-state index contributed by atoms with van der Waals surface area (Å²) in [4.78, 5) is 40.8. The zero-order chi connectivity index (χ0) is 26.9. The van der Waals surface area contributed by atoms with Gasteiger partial charge in [0.25, 0.3) is 0 Å². The van der Waals surface area contributed by atoms with Crippen molar-refractivity contribution >= 4 is 40.8 Å². The second kappa shape index (κ2) is 12.7. The molecule has 1 heterocycles. The monoisotopic (exact) mass is 527 g/mol. The Kier molecular flexibility index (Phi) is 8.85. The van der Waals surface area contributed by atoms with Crippen molar-refractivity contribution in [1.29, 1.82) is 0 Å². The summed E-state index contributed by atoms with van der Waals surface area (Å²) < 4.78 is 0. The zero-order valence-corrected chi connectivity index (χ0v) is 21.2. The fourth-order valence-electron chi connectivity index (χ4n) is 3.99. The minimum atomic E-state index is -0.974. The fourth-order valence-corrected chi connectivity index (χ4v) is 4.17. The number of rotatable bonds is 10. The number of carbonyl (C=O) groups is 3. The summed E-state index contributed by atoms with van der Waals surface area (Å²) in [7, 11) is 0. The highest BCUT2D eigenvalue weighted by atomic mass is 35.5. The lowest BCUT2D eigenvalue weighted by Gasteiger charge is -2.12. The van der Waals surface area contributed by atoms with E-state index in [0.29, 0.717) is 34.8 Å². The first-order chi connectivity index (χ1) is 18.4. The van der Waals surface area contributed by atoms with E-state index in [1.807, 2.05) is 36.4 Å². The van der Waals surface area contributed by atoms with Crippen molar-refractivity contribution in [3.8, 4) is 11.1 Å². The molecule has 0 aliphatic carbocycles. The number of ketones is 1. The lowest BCUT2D eigenvalue weighted by molar-refractivity contribution is -0.141. The maximum atomic E-state index is 12.8. The minimum absolute atomic E-state index is 0.0591. The third-order valence-corrected chi connectivity index (χ3v) is 6.45. The number of urea groups is 1. The standard InChI is InChI=1S/C30H26ClN3O4/c31-26-3-1-2-4-27(26)34-30(38)33-25-13-11-22(12-14-25)21-7-9-23(10-8-21)28(35)19-24(29(36)37)6-5-20-15-17-32-18-16-20/h1-4,7-18,24H,5-6,19H2,(H,36,37)(H2,33,34,38). The number of carbonyl (C=O) groups excluding carboxylic acids is 2.